The fourth-order valence-electron chi connectivity index (χ4n) is 2.80. The minimum atomic E-state index is -1.06. The highest BCUT2D eigenvalue weighted by molar-refractivity contribution is 6.56. The summed E-state index contributed by atoms with van der Waals surface area (Å²) in [5.41, 5.74) is 0.402. The lowest BCUT2D eigenvalue weighted by Crippen LogP contribution is -2.41. The summed E-state index contributed by atoms with van der Waals surface area (Å²) in [6.07, 6.45) is 1.77. The summed E-state index contributed by atoms with van der Waals surface area (Å²) in [5, 5.41) is 12.7. The summed E-state index contributed by atoms with van der Waals surface area (Å²) in [5.74, 6) is -0.246. The number of aromatic carboxylic acids is 1. The summed E-state index contributed by atoms with van der Waals surface area (Å²) in [6.45, 7) is 8.38. The maximum absolute atomic E-state index is 11.8. The van der Waals surface area contributed by atoms with E-state index >= 15 is 0 Å². The van der Waals surface area contributed by atoms with Crippen molar-refractivity contribution in [3.8, 4) is 11.5 Å². The second-order valence-electron chi connectivity index (χ2n) is 7.44. The minimum absolute atomic E-state index is 0.109. The van der Waals surface area contributed by atoms with Crippen molar-refractivity contribution in [3.05, 3.63) is 28.7 Å². The zero-order chi connectivity index (χ0) is 20.4. The quantitative estimate of drug-likeness (QED) is 0.707. The molecule has 0 aromatic heterocycles. The van der Waals surface area contributed by atoms with Gasteiger partial charge in [-0.05, 0) is 57.9 Å². The van der Waals surface area contributed by atoms with E-state index in [-0.39, 0.29) is 5.56 Å². The van der Waals surface area contributed by atoms with Gasteiger partial charge in [0, 0.05) is 6.54 Å². The van der Waals surface area contributed by atoms with E-state index in [1.54, 1.807) is 12.1 Å². The van der Waals surface area contributed by atoms with E-state index in [9.17, 15) is 9.90 Å². The van der Waals surface area contributed by atoms with E-state index < -0.39 is 24.3 Å². The monoisotopic (exact) mass is 377 g/mol. The Kier molecular flexibility index (Phi) is 6.24. The smallest absolute Gasteiger partial charge is 0.491 e. The first kappa shape index (κ1) is 21.3. The Hall–Kier alpha value is -2.03. The van der Waals surface area contributed by atoms with E-state index in [0.29, 0.717) is 23.6 Å². The van der Waals surface area contributed by atoms with Crippen LogP contribution in [0, 0.1) is 0 Å². The summed E-state index contributed by atoms with van der Waals surface area (Å²) >= 11 is 0. The number of hydrogen-bond donors (Lipinski definition) is 2. The lowest BCUT2D eigenvalue weighted by atomic mass is 9.76. The maximum Gasteiger partial charge on any atom is 0.491 e. The molecule has 2 N–H and O–H groups in total. The molecule has 1 aromatic rings. The van der Waals surface area contributed by atoms with Crippen molar-refractivity contribution in [1.29, 1.82) is 0 Å². The maximum atomic E-state index is 11.8. The van der Waals surface area contributed by atoms with Crippen LogP contribution in [0.1, 0.15) is 43.6 Å². The van der Waals surface area contributed by atoms with Crippen LogP contribution in [0.5, 0.6) is 11.5 Å². The van der Waals surface area contributed by atoms with Crippen LogP contribution >= 0.6 is 0 Å². The van der Waals surface area contributed by atoms with Gasteiger partial charge in [0.05, 0.1) is 31.0 Å². The fraction of sp³-hybridized carbons (Fsp3) is 0.526. The van der Waals surface area contributed by atoms with Crippen LogP contribution in [0.2, 0.25) is 0 Å². The zero-order valence-corrected chi connectivity index (χ0v) is 17.0. The summed E-state index contributed by atoms with van der Waals surface area (Å²) < 4.78 is 22.8. The number of methoxy groups -OCH3 is 2. The molecule has 7 nitrogen and oxygen atoms in total. The molecule has 1 heterocycles. The third-order valence-electron chi connectivity index (χ3n) is 5.06. The zero-order valence-electron chi connectivity index (χ0n) is 17.0. The van der Waals surface area contributed by atoms with Crippen molar-refractivity contribution in [2.75, 3.05) is 27.8 Å². The molecule has 1 saturated heterocycles. The standard InChI is InChI=1S/C19H28BNO6/c1-18(2)19(3,4)27-20(26-18)13(11-21-5)8-12-9-15(24-6)16(25-7)10-14(12)17(22)23/h8-10,21H,11H2,1-7H3,(H,22,23). The van der Waals surface area contributed by atoms with E-state index in [1.165, 1.54) is 20.3 Å². The second kappa shape index (κ2) is 7.92. The van der Waals surface area contributed by atoms with Gasteiger partial charge < -0.3 is 29.2 Å². The number of carboxylic acids is 1. The first-order chi connectivity index (χ1) is 12.6. The number of benzene rings is 1. The van der Waals surface area contributed by atoms with Crippen molar-refractivity contribution in [2.45, 2.75) is 38.9 Å². The SMILES string of the molecule is CNCC(=Cc1cc(OC)c(OC)cc1C(=O)O)B1OC(C)(C)C(C)(C)O1. The van der Waals surface area contributed by atoms with Gasteiger partial charge in [-0.3, -0.25) is 0 Å². The van der Waals surface area contributed by atoms with Gasteiger partial charge in [0.15, 0.2) is 11.5 Å². The van der Waals surface area contributed by atoms with Crippen LogP contribution in [-0.2, 0) is 9.31 Å². The van der Waals surface area contributed by atoms with Gasteiger partial charge in [0.1, 0.15) is 0 Å². The molecule has 0 amide bonds. The Balaban J connectivity index is 2.53. The molecule has 0 spiro atoms. The Morgan fingerprint density at radius 3 is 2.11 bits per heavy atom. The van der Waals surface area contributed by atoms with Gasteiger partial charge in [-0.15, -0.1) is 0 Å². The first-order valence-electron chi connectivity index (χ1n) is 8.76. The fourth-order valence-corrected chi connectivity index (χ4v) is 2.80. The van der Waals surface area contributed by atoms with Gasteiger partial charge in [-0.25, -0.2) is 4.79 Å². The number of carbonyl (C=O) groups is 1. The Labute approximate surface area is 160 Å². The lowest BCUT2D eigenvalue weighted by molar-refractivity contribution is 0.00578. The molecule has 1 aliphatic rings. The highest BCUT2D eigenvalue weighted by atomic mass is 16.7. The molecular weight excluding hydrogens is 349 g/mol. The number of ether oxygens (including phenoxy) is 2. The second-order valence-corrected chi connectivity index (χ2v) is 7.44. The summed E-state index contributed by atoms with van der Waals surface area (Å²) in [7, 11) is 4.20. The highest BCUT2D eigenvalue weighted by Gasteiger charge is 2.52. The van der Waals surface area contributed by atoms with E-state index in [0.717, 1.165) is 5.47 Å². The van der Waals surface area contributed by atoms with Crippen LogP contribution in [0.4, 0.5) is 0 Å². The third kappa shape index (κ3) is 4.29. The Morgan fingerprint density at radius 1 is 1.15 bits per heavy atom. The van der Waals surface area contributed by atoms with Crippen LogP contribution in [0.15, 0.2) is 17.6 Å². The van der Waals surface area contributed by atoms with Crippen LogP contribution in [0.3, 0.4) is 0 Å². The van der Waals surface area contributed by atoms with E-state index in [2.05, 4.69) is 5.32 Å². The predicted molar refractivity (Wildman–Crippen MR) is 104 cm³/mol. The number of rotatable bonds is 7. The number of nitrogens with one attached hydrogen (secondary N) is 1. The van der Waals surface area contributed by atoms with Crippen molar-refractivity contribution in [1.82, 2.24) is 5.32 Å². The van der Waals surface area contributed by atoms with Crippen molar-refractivity contribution in [2.24, 2.45) is 0 Å². The highest BCUT2D eigenvalue weighted by Crippen LogP contribution is 2.39. The molecule has 1 aliphatic heterocycles. The van der Waals surface area contributed by atoms with Gasteiger partial charge >= 0.3 is 13.1 Å². The number of hydrogen-bond acceptors (Lipinski definition) is 6. The van der Waals surface area contributed by atoms with Crippen LogP contribution in [0.25, 0.3) is 6.08 Å². The molecular formula is C19H28BNO6. The molecule has 2 rings (SSSR count). The predicted octanol–water partition coefficient (Wildman–Crippen LogP) is 2.64. The summed E-state index contributed by atoms with van der Waals surface area (Å²) in [6, 6.07) is 3.09. The molecule has 27 heavy (non-hydrogen) atoms. The average Bonchev–Trinajstić information content (AvgIpc) is 2.81. The van der Waals surface area contributed by atoms with Gasteiger partial charge in [0.25, 0.3) is 0 Å². The number of likely N-dealkylation sites (N-methyl/N-ethyl adjacent to an activating group) is 1. The molecule has 0 unspecified atom stereocenters. The van der Waals surface area contributed by atoms with Crippen LogP contribution < -0.4 is 14.8 Å². The van der Waals surface area contributed by atoms with Crippen molar-refractivity contribution in [3.63, 3.8) is 0 Å². The molecule has 1 aromatic carbocycles. The third-order valence-corrected chi connectivity index (χ3v) is 5.06. The minimum Gasteiger partial charge on any atom is -0.493 e. The van der Waals surface area contributed by atoms with Gasteiger partial charge in [-0.2, -0.15) is 0 Å². The van der Waals surface area contributed by atoms with Crippen molar-refractivity contribution < 1.29 is 28.7 Å². The molecule has 0 radical (unpaired) electrons. The molecule has 0 aliphatic carbocycles. The Bertz CT molecular complexity index is 728. The van der Waals surface area contributed by atoms with Crippen LogP contribution in [-0.4, -0.2) is 57.2 Å². The molecule has 0 saturated carbocycles. The topological polar surface area (TPSA) is 86.3 Å². The van der Waals surface area contributed by atoms with E-state index in [4.69, 9.17) is 18.8 Å². The molecule has 148 valence electrons. The van der Waals surface area contributed by atoms with Gasteiger partial charge in [-0.1, -0.05) is 6.08 Å². The summed E-state index contributed by atoms with van der Waals surface area (Å²) in [4.78, 5) is 11.8. The lowest BCUT2D eigenvalue weighted by Gasteiger charge is -2.32. The average molecular weight is 377 g/mol. The largest absolute Gasteiger partial charge is 0.493 e. The molecule has 0 bridgehead atoms. The molecule has 8 heteroatoms. The first-order valence-corrected chi connectivity index (χ1v) is 8.76. The van der Waals surface area contributed by atoms with Gasteiger partial charge in [0.2, 0.25) is 0 Å². The number of carboxylic acid groups (broad SMARTS) is 1. The molecule has 0 atom stereocenters. The van der Waals surface area contributed by atoms with E-state index in [1.807, 2.05) is 34.7 Å². The normalized spacial score (nSPS) is 18.5. The Morgan fingerprint density at radius 2 is 1.67 bits per heavy atom. The molecule has 1 fully saturated rings. The van der Waals surface area contributed by atoms with Crippen molar-refractivity contribution >= 4 is 19.2 Å².